The molecule has 3 atom stereocenters. The third kappa shape index (κ3) is 2.71. The maximum Gasteiger partial charge on any atom is 0.271 e. The van der Waals surface area contributed by atoms with Crippen LogP contribution >= 0.6 is 11.3 Å². The number of hydrazine groups is 1. The molecule has 1 fully saturated rings. The summed E-state index contributed by atoms with van der Waals surface area (Å²) in [4.78, 5) is 39.5. The minimum atomic E-state index is -0.334. The van der Waals surface area contributed by atoms with Gasteiger partial charge in [0.15, 0.2) is 0 Å². The molecule has 3 amide bonds. The Kier molecular flexibility index (Phi) is 4.26. The first-order chi connectivity index (χ1) is 12.4. The van der Waals surface area contributed by atoms with E-state index in [1.165, 1.54) is 16.0 Å². The normalized spacial score (nSPS) is 28.3. The van der Waals surface area contributed by atoms with Crippen molar-refractivity contribution in [1.29, 1.82) is 0 Å². The maximum atomic E-state index is 12.8. The quantitative estimate of drug-likeness (QED) is 0.640. The number of carbonyl (C=O) groups is 3. The summed E-state index contributed by atoms with van der Waals surface area (Å²) in [5, 5.41) is 2.85. The van der Waals surface area contributed by atoms with Crippen molar-refractivity contribution in [2.24, 2.45) is 17.8 Å². The molecule has 4 rings (SSSR count). The fourth-order valence-electron chi connectivity index (χ4n) is 4.39. The van der Waals surface area contributed by atoms with Gasteiger partial charge in [0, 0.05) is 10.3 Å². The molecule has 0 aromatic carbocycles. The molecule has 26 heavy (non-hydrogen) atoms. The zero-order valence-corrected chi connectivity index (χ0v) is 16.2. The van der Waals surface area contributed by atoms with E-state index in [1.54, 1.807) is 11.3 Å². The van der Waals surface area contributed by atoms with E-state index in [0.717, 1.165) is 29.8 Å². The van der Waals surface area contributed by atoms with Gasteiger partial charge in [0.1, 0.15) is 0 Å². The van der Waals surface area contributed by atoms with Crippen molar-refractivity contribution < 1.29 is 14.4 Å². The third-order valence-electron chi connectivity index (χ3n) is 6.20. The first-order valence-corrected chi connectivity index (χ1v) is 10.2. The van der Waals surface area contributed by atoms with Gasteiger partial charge in [-0.25, -0.2) is 0 Å². The minimum Gasteiger partial charge on any atom is -0.272 e. The number of rotatable bonds is 2. The lowest BCUT2D eigenvalue weighted by molar-refractivity contribution is -0.142. The molecule has 0 bridgehead atoms. The van der Waals surface area contributed by atoms with E-state index in [9.17, 15) is 14.4 Å². The van der Waals surface area contributed by atoms with Gasteiger partial charge < -0.3 is 0 Å². The van der Waals surface area contributed by atoms with E-state index >= 15 is 0 Å². The van der Waals surface area contributed by atoms with Crippen LogP contribution in [0.4, 0.5) is 0 Å². The molecule has 1 aliphatic heterocycles. The fourth-order valence-corrected chi connectivity index (χ4v) is 5.64. The van der Waals surface area contributed by atoms with Crippen LogP contribution in [0.25, 0.3) is 0 Å². The first-order valence-electron chi connectivity index (χ1n) is 9.30. The number of imide groups is 1. The van der Waals surface area contributed by atoms with Crippen molar-refractivity contribution in [3.8, 4) is 0 Å². The molecule has 1 saturated heterocycles. The lowest BCUT2D eigenvalue weighted by Gasteiger charge is -2.23. The molecular formula is C20H24N2O3S. The molecule has 2 heterocycles. The van der Waals surface area contributed by atoms with Crippen LogP contribution in [0.5, 0.6) is 0 Å². The molecule has 1 aromatic rings. The molecule has 2 aliphatic carbocycles. The summed E-state index contributed by atoms with van der Waals surface area (Å²) >= 11 is 1.61. The van der Waals surface area contributed by atoms with Crippen LogP contribution in [-0.4, -0.2) is 22.7 Å². The number of fused-ring (bicyclic) bond motifs is 2. The molecule has 6 heteroatoms. The molecule has 3 aliphatic rings. The SMILES string of the molecule is CC1=C(C)C[C@H]2C(=O)N(NC(=O)c3csc4c3CC[C@@H](C)C4)C(=O)[C@H]2C1. The highest BCUT2D eigenvalue weighted by Crippen LogP contribution is 2.40. The summed E-state index contributed by atoms with van der Waals surface area (Å²) in [6, 6.07) is 0. The summed E-state index contributed by atoms with van der Waals surface area (Å²) in [7, 11) is 0. The second kappa shape index (κ2) is 6.34. The molecule has 0 spiro atoms. The predicted octanol–water partition coefficient (Wildman–Crippen LogP) is 3.25. The van der Waals surface area contributed by atoms with Crippen molar-refractivity contribution in [1.82, 2.24) is 10.4 Å². The zero-order valence-electron chi connectivity index (χ0n) is 15.4. The smallest absolute Gasteiger partial charge is 0.271 e. The van der Waals surface area contributed by atoms with Crippen LogP contribution in [0.15, 0.2) is 16.5 Å². The van der Waals surface area contributed by atoms with Crippen LogP contribution in [0, 0.1) is 17.8 Å². The van der Waals surface area contributed by atoms with Crippen LogP contribution in [0.1, 0.15) is 60.8 Å². The molecule has 1 N–H and O–H groups in total. The van der Waals surface area contributed by atoms with Crippen LogP contribution in [0.3, 0.4) is 0 Å². The van der Waals surface area contributed by atoms with E-state index in [4.69, 9.17) is 0 Å². The number of nitrogens with one attached hydrogen (secondary N) is 1. The zero-order chi connectivity index (χ0) is 18.6. The Labute approximate surface area is 157 Å². The van der Waals surface area contributed by atoms with E-state index in [-0.39, 0.29) is 29.6 Å². The number of carbonyl (C=O) groups excluding carboxylic acids is 3. The van der Waals surface area contributed by atoms with Gasteiger partial charge in [0.2, 0.25) is 0 Å². The van der Waals surface area contributed by atoms with Crippen molar-refractivity contribution in [2.45, 2.75) is 52.9 Å². The summed E-state index contributed by atoms with van der Waals surface area (Å²) in [5.41, 5.74) is 6.69. The monoisotopic (exact) mass is 372 g/mol. The van der Waals surface area contributed by atoms with E-state index in [1.807, 2.05) is 19.2 Å². The molecule has 1 aromatic heterocycles. The number of amides is 3. The Morgan fingerprint density at radius 2 is 1.73 bits per heavy atom. The first kappa shape index (κ1) is 17.5. The molecule has 0 radical (unpaired) electrons. The van der Waals surface area contributed by atoms with Crippen molar-refractivity contribution in [3.05, 3.63) is 32.5 Å². The van der Waals surface area contributed by atoms with Gasteiger partial charge in [-0.2, -0.15) is 5.01 Å². The number of nitrogens with zero attached hydrogens (tertiary/aromatic N) is 1. The van der Waals surface area contributed by atoms with Crippen molar-refractivity contribution >= 4 is 29.1 Å². The summed E-state index contributed by atoms with van der Waals surface area (Å²) < 4.78 is 0. The van der Waals surface area contributed by atoms with Crippen molar-refractivity contribution in [3.63, 3.8) is 0 Å². The van der Waals surface area contributed by atoms with Gasteiger partial charge in [0.25, 0.3) is 17.7 Å². The number of allylic oxidation sites excluding steroid dienone is 2. The Morgan fingerprint density at radius 3 is 2.35 bits per heavy atom. The summed E-state index contributed by atoms with van der Waals surface area (Å²) in [6.45, 7) is 6.26. The third-order valence-corrected chi connectivity index (χ3v) is 7.25. The largest absolute Gasteiger partial charge is 0.272 e. The predicted molar refractivity (Wildman–Crippen MR) is 99.4 cm³/mol. The highest BCUT2D eigenvalue weighted by molar-refractivity contribution is 7.10. The van der Waals surface area contributed by atoms with Gasteiger partial charge in [-0.1, -0.05) is 18.1 Å². The Balaban J connectivity index is 1.53. The highest BCUT2D eigenvalue weighted by Gasteiger charge is 2.50. The number of hydrogen-bond acceptors (Lipinski definition) is 4. The lowest BCUT2D eigenvalue weighted by atomic mass is 9.78. The Morgan fingerprint density at radius 1 is 1.12 bits per heavy atom. The summed E-state index contributed by atoms with van der Waals surface area (Å²) in [6.07, 6.45) is 4.18. The van der Waals surface area contributed by atoms with E-state index in [0.29, 0.717) is 24.3 Å². The standard InChI is InChI=1S/C20H24N2O3S/c1-10-4-5-13-16(9-26-17(13)6-10)18(23)21-22-19(24)14-7-11(2)12(3)8-15(14)20(22)25/h9-10,14-15H,4-8H2,1-3H3,(H,21,23)/t10-,14-,15+/m1/s1. The fraction of sp³-hybridized carbons (Fsp3) is 0.550. The van der Waals surface area contributed by atoms with Gasteiger partial charge >= 0.3 is 0 Å². The van der Waals surface area contributed by atoms with E-state index in [2.05, 4.69) is 12.3 Å². The molecule has 0 saturated carbocycles. The van der Waals surface area contributed by atoms with Gasteiger partial charge in [0.05, 0.1) is 17.4 Å². The lowest BCUT2D eigenvalue weighted by Crippen LogP contribution is -2.46. The van der Waals surface area contributed by atoms with Crippen LogP contribution in [0.2, 0.25) is 0 Å². The average Bonchev–Trinajstić information content (AvgIpc) is 3.11. The van der Waals surface area contributed by atoms with Gasteiger partial charge in [-0.15, -0.1) is 11.3 Å². The molecule has 5 nitrogen and oxygen atoms in total. The topological polar surface area (TPSA) is 66.5 Å². The van der Waals surface area contributed by atoms with Crippen molar-refractivity contribution in [2.75, 3.05) is 0 Å². The summed E-state index contributed by atoms with van der Waals surface area (Å²) in [5.74, 6) is -0.886. The average molecular weight is 372 g/mol. The van der Waals surface area contributed by atoms with Gasteiger partial charge in [-0.05, 0) is 57.4 Å². The maximum absolute atomic E-state index is 12.8. The minimum absolute atomic E-state index is 0.266. The van der Waals surface area contributed by atoms with Crippen LogP contribution < -0.4 is 5.43 Å². The number of hydrogen-bond donors (Lipinski definition) is 1. The van der Waals surface area contributed by atoms with Crippen LogP contribution in [-0.2, 0) is 22.4 Å². The molecular weight excluding hydrogens is 348 g/mol. The highest BCUT2D eigenvalue weighted by atomic mass is 32.1. The second-order valence-electron chi connectivity index (χ2n) is 8.03. The second-order valence-corrected chi connectivity index (χ2v) is 9.00. The Hall–Kier alpha value is -1.95. The number of thiophene rings is 1. The Bertz CT molecular complexity index is 806. The van der Waals surface area contributed by atoms with E-state index < -0.39 is 0 Å². The van der Waals surface area contributed by atoms with Gasteiger partial charge in [-0.3, -0.25) is 19.8 Å². The molecule has 138 valence electrons. The molecule has 0 unspecified atom stereocenters.